The highest BCUT2D eigenvalue weighted by Gasteiger charge is 2.39. The van der Waals surface area contributed by atoms with Gasteiger partial charge in [-0.25, -0.2) is 0 Å². The summed E-state index contributed by atoms with van der Waals surface area (Å²) in [5.41, 5.74) is 0. The van der Waals surface area contributed by atoms with Crippen LogP contribution in [0.1, 0.15) is 33.1 Å². The molecule has 0 aliphatic rings. The second-order valence-corrected chi connectivity index (χ2v) is 6.25. The van der Waals surface area contributed by atoms with E-state index in [-0.39, 0.29) is 0 Å². The summed E-state index contributed by atoms with van der Waals surface area (Å²) in [5, 5.41) is 0.776. The van der Waals surface area contributed by atoms with Crippen molar-refractivity contribution in [2.45, 2.75) is 33.1 Å². The molecule has 0 saturated heterocycles. The smallest absolute Gasteiger partial charge is 0.386 e. The van der Waals surface area contributed by atoms with Crippen molar-refractivity contribution in [1.29, 1.82) is 0 Å². The maximum Gasteiger partial charge on any atom is 0.534 e. The number of rotatable bonds is 8. The molecular formula is C13H22O3Si. The number of unbranched alkanes of at least 4 members (excludes halogenated alkanes) is 2. The van der Waals surface area contributed by atoms with Crippen molar-refractivity contribution in [2.24, 2.45) is 0 Å². The molecule has 0 heterocycles. The molecule has 0 amide bonds. The molecule has 0 bridgehead atoms. The van der Waals surface area contributed by atoms with Crippen LogP contribution in [0, 0.1) is 0 Å². The van der Waals surface area contributed by atoms with Crippen LogP contribution >= 0.6 is 0 Å². The molecule has 1 rings (SSSR count). The Hall–Kier alpha value is -0.683. The monoisotopic (exact) mass is 254 g/mol. The van der Waals surface area contributed by atoms with E-state index in [0.29, 0.717) is 13.2 Å². The Bertz CT molecular complexity index is 305. The Kier molecular flexibility index (Phi) is 6.43. The van der Waals surface area contributed by atoms with Crippen LogP contribution < -0.4 is 5.19 Å². The van der Waals surface area contributed by atoms with E-state index in [1.165, 1.54) is 0 Å². The summed E-state index contributed by atoms with van der Waals surface area (Å²) in [5.74, 6) is 0. The molecule has 0 spiro atoms. The predicted octanol–water partition coefficient (Wildman–Crippen LogP) is 2.07. The van der Waals surface area contributed by atoms with E-state index < -0.39 is 8.80 Å². The van der Waals surface area contributed by atoms with Crippen LogP contribution in [0.25, 0.3) is 0 Å². The Morgan fingerprint density at radius 1 is 1.06 bits per heavy atom. The maximum absolute atomic E-state index is 10.5. The maximum atomic E-state index is 10.5. The molecule has 1 atom stereocenters. The first-order valence-corrected chi connectivity index (χ1v) is 8.05. The van der Waals surface area contributed by atoms with Gasteiger partial charge >= 0.3 is 8.80 Å². The zero-order valence-corrected chi connectivity index (χ0v) is 11.7. The van der Waals surface area contributed by atoms with E-state index in [2.05, 4.69) is 6.92 Å². The molecule has 0 aliphatic carbocycles. The third-order valence-electron chi connectivity index (χ3n) is 2.52. The highest BCUT2D eigenvalue weighted by Crippen LogP contribution is 2.06. The SMILES string of the molecule is CCCCCO[Si](O)(OCC)c1ccccc1. The molecule has 1 N–H and O–H groups in total. The van der Waals surface area contributed by atoms with E-state index in [1.807, 2.05) is 37.3 Å². The number of benzene rings is 1. The Morgan fingerprint density at radius 3 is 2.35 bits per heavy atom. The molecule has 4 heteroatoms. The highest BCUT2D eigenvalue weighted by atomic mass is 28.4. The summed E-state index contributed by atoms with van der Waals surface area (Å²) in [6.07, 6.45) is 3.22. The standard InChI is InChI=1S/C13H22O3Si/c1-3-5-9-12-16-17(14,15-4-2)13-10-7-6-8-11-13/h6-8,10-11,14H,3-5,9,12H2,1-2H3. The molecule has 96 valence electrons. The van der Waals surface area contributed by atoms with Crippen LogP contribution in [0.5, 0.6) is 0 Å². The topological polar surface area (TPSA) is 38.7 Å². The van der Waals surface area contributed by atoms with Gasteiger partial charge in [0.15, 0.2) is 0 Å². The molecule has 0 aliphatic heterocycles. The fraction of sp³-hybridized carbons (Fsp3) is 0.538. The summed E-state index contributed by atoms with van der Waals surface area (Å²) in [7, 11) is -3.18. The zero-order chi connectivity index (χ0) is 12.6. The fourth-order valence-electron chi connectivity index (χ4n) is 1.62. The van der Waals surface area contributed by atoms with E-state index in [1.54, 1.807) is 0 Å². The molecule has 1 aromatic rings. The predicted molar refractivity (Wildman–Crippen MR) is 71.2 cm³/mol. The first-order chi connectivity index (χ1) is 8.23. The number of hydrogen-bond acceptors (Lipinski definition) is 3. The van der Waals surface area contributed by atoms with Gasteiger partial charge in [0.1, 0.15) is 0 Å². The lowest BCUT2D eigenvalue weighted by molar-refractivity contribution is 0.116. The summed E-state index contributed by atoms with van der Waals surface area (Å²) in [6, 6.07) is 9.42. The largest absolute Gasteiger partial charge is 0.534 e. The molecule has 0 radical (unpaired) electrons. The van der Waals surface area contributed by atoms with E-state index in [0.717, 1.165) is 24.4 Å². The summed E-state index contributed by atoms with van der Waals surface area (Å²) in [4.78, 5) is 10.5. The Labute approximate surface area is 105 Å². The van der Waals surface area contributed by atoms with Gasteiger partial charge in [-0.2, -0.15) is 0 Å². The summed E-state index contributed by atoms with van der Waals surface area (Å²) >= 11 is 0. The first-order valence-electron chi connectivity index (χ1n) is 6.28. The van der Waals surface area contributed by atoms with E-state index in [9.17, 15) is 4.80 Å². The van der Waals surface area contributed by atoms with Crippen LogP contribution in [0.15, 0.2) is 30.3 Å². The molecular weight excluding hydrogens is 232 g/mol. The van der Waals surface area contributed by atoms with Gasteiger partial charge in [-0.1, -0.05) is 50.1 Å². The van der Waals surface area contributed by atoms with Crippen LogP contribution in [0.3, 0.4) is 0 Å². The van der Waals surface area contributed by atoms with Crippen LogP contribution in [-0.2, 0) is 8.85 Å². The van der Waals surface area contributed by atoms with Gasteiger partial charge in [-0.05, 0) is 13.3 Å². The van der Waals surface area contributed by atoms with Crippen LogP contribution in [0.4, 0.5) is 0 Å². The highest BCUT2D eigenvalue weighted by molar-refractivity contribution is 6.74. The van der Waals surface area contributed by atoms with Crippen molar-refractivity contribution in [3.63, 3.8) is 0 Å². The van der Waals surface area contributed by atoms with E-state index >= 15 is 0 Å². The lowest BCUT2D eigenvalue weighted by Crippen LogP contribution is -2.54. The van der Waals surface area contributed by atoms with Crippen LogP contribution in [-0.4, -0.2) is 26.8 Å². The van der Waals surface area contributed by atoms with Gasteiger partial charge < -0.3 is 13.6 Å². The molecule has 3 nitrogen and oxygen atoms in total. The lowest BCUT2D eigenvalue weighted by Gasteiger charge is -2.23. The summed E-state index contributed by atoms with van der Waals surface area (Å²) < 4.78 is 11.1. The van der Waals surface area contributed by atoms with Crippen molar-refractivity contribution >= 4 is 14.0 Å². The third-order valence-corrected chi connectivity index (χ3v) is 4.86. The van der Waals surface area contributed by atoms with Gasteiger partial charge in [0.05, 0.1) is 0 Å². The first kappa shape index (κ1) is 14.4. The molecule has 1 aromatic carbocycles. The quantitative estimate of drug-likeness (QED) is 0.570. The van der Waals surface area contributed by atoms with Gasteiger partial charge in [0.2, 0.25) is 0 Å². The van der Waals surface area contributed by atoms with E-state index in [4.69, 9.17) is 8.85 Å². The van der Waals surface area contributed by atoms with Gasteiger partial charge in [0.25, 0.3) is 0 Å². The van der Waals surface area contributed by atoms with Crippen molar-refractivity contribution in [1.82, 2.24) is 0 Å². The average molecular weight is 254 g/mol. The van der Waals surface area contributed by atoms with Crippen LogP contribution in [0.2, 0.25) is 0 Å². The van der Waals surface area contributed by atoms with Crippen molar-refractivity contribution in [3.05, 3.63) is 30.3 Å². The van der Waals surface area contributed by atoms with Crippen molar-refractivity contribution in [2.75, 3.05) is 13.2 Å². The minimum Gasteiger partial charge on any atom is -0.386 e. The minimum absolute atomic E-state index is 0.464. The zero-order valence-electron chi connectivity index (χ0n) is 10.7. The molecule has 0 saturated carbocycles. The second kappa shape index (κ2) is 7.61. The normalized spacial score (nSPS) is 14.5. The average Bonchev–Trinajstić information content (AvgIpc) is 2.36. The molecule has 17 heavy (non-hydrogen) atoms. The van der Waals surface area contributed by atoms with Gasteiger partial charge in [-0.15, -0.1) is 0 Å². The van der Waals surface area contributed by atoms with Crippen molar-refractivity contribution < 1.29 is 13.6 Å². The molecule has 1 unspecified atom stereocenters. The summed E-state index contributed by atoms with van der Waals surface area (Å²) in [6.45, 7) is 5.04. The second-order valence-electron chi connectivity index (χ2n) is 3.94. The fourth-order valence-corrected chi connectivity index (χ4v) is 3.46. The lowest BCUT2D eigenvalue weighted by atomic mass is 10.3. The molecule has 0 aromatic heterocycles. The Balaban J connectivity index is 2.62. The number of hydrogen-bond donors (Lipinski definition) is 1. The van der Waals surface area contributed by atoms with Gasteiger partial charge in [0, 0.05) is 18.4 Å². The minimum atomic E-state index is -3.18. The van der Waals surface area contributed by atoms with Gasteiger partial charge in [-0.3, -0.25) is 0 Å². The molecule has 0 fully saturated rings. The van der Waals surface area contributed by atoms with Crippen molar-refractivity contribution in [3.8, 4) is 0 Å². The third kappa shape index (κ3) is 4.59. The Morgan fingerprint density at radius 2 is 1.76 bits per heavy atom.